The lowest BCUT2D eigenvalue weighted by atomic mass is 9.71. The van der Waals surface area contributed by atoms with Crippen molar-refractivity contribution >= 4 is 21.2 Å². The van der Waals surface area contributed by atoms with Crippen LogP contribution >= 0.6 is 9.24 Å². The van der Waals surface area contributed by atoms with E-state index in [0.29, 0.717) is 12.8 Å². The maximum absolute atomic E-state index is 11.7. The molecule has 1 saturated carbocycles. The van der Waals surface area contributed by atoms with Gasteiger partial charge in [0.15, 0.2) is 5.16 Å². The van der Waals surface area contributed by atoms with Crippen LogP contribution in [0.4, 0.5) is 0 Å². The highest BCUT2D eigenvalue weighted by molar-refractivity contribution is 7.21. The second kappa shape index (κ2) is 3.47. The Labute approximate surface area is 94.7 Å². The zero-order chi connectivity index (χ0) is 12.1. The van der Waals surface area contributed by atoms with Gasteiger partial charge in [-0.15, -0.1) is 9.24 Å². The van der Waals surface area contributed by atoms with Crippen molar-refractivity contribution in [1.82, 2.24) is 0 Å². The molecule has 0 spiro atoms. The quantitative estimate of drug-likeness (QED) is 0.197. The van der Waals surface area contributed by atoms with Gasteiger partial charge in [-0.05, 0) is 18.8 Å². The first-order chi connectivity index (χ1) is 7.35. The van der Waals surface area contributed by atoms with Crippen molar-refractivity contribution in [1.29, 1.82) is 0 Å². The van der Waals surface area contributed by atoms with E-state index in [1.54, 1.807) is 0 Å². The van der Waals surface area contributed by atoms with Gasteiger partial charge in [-0.25, -0.2) is 4.79 Å². The number of carbonyl (C=O) groups excluding carboxylic acids is 2. The summed E-state index contributed by atoms with van der Waals surface area (Å²) in [6.07, 6.45) is 2.35. The Balaban J connectivity index is 2.47. The van der Waals surface area contributed by atoms with Crippen LogP contribution in [-0.4, -0.2) is 35.0 Å². The summed E-state index contributed by atoms with van der Waals surface area (Å²) in [5.41, 5.74) is -2.33. The summed E-state index contributed by atoms with van der Waals surface area (Å²) in [6.45, 7) is 0. The van der Waals surface area contributed by atoms with Gasteiger partial charge in [-0.1, -0.05) is 6.42 Å². The molecule has 0 amide bonds. The normalized spacial score (nSPS) is 41.8. The van der Waals surface area contributed by atoms with Crippen LogP contribution in [0, 0.1) is 11.1 Å². The molecule has 16 heavy (non-hydrogen) atoms. The molecule has 0 bridgehead atoms. The highest BCUT2D eigenvalue weighted by Crippen LogP contribution is 2.50. The summed E-state index contributed by atoms with van der Waals surface area (Å²) in [4.78, 5) is 23.2. The third kappa shape index (κ3) is 1.16. The number of hydrogen-bond donors (Lipinski definition) is 2. The lowest BCUT2D eigenvalue weighted by molar-refractivity contribution is -0.904. The van der Waals surface area contributed by atoms with Crippen LogP contribution in [0.3, 0.4) is 0 Å². The monoisotopic (exact) mass is 247 g/mol. The van der Waals surface area contributed by atoms with E-state index < -0.39 is 27.9 Å². The molecular formula is C9H14NO5P. The molecule has 2 rings (SSSR count). The SMILES string of the molecule is C[NH+]([O-])C1(O)C(=O)OC(=O)C1(P)C1CCC1. The summed E-state index contributed by atoms with van der Waals surface area (Å²) >= 11 is 0. The van der Waals surface area contributed by atoms with Gasteiger partial charge in [0.25, 0.3) is 0 Å². The lowest BCUT2D eigenvalue weighted by Gasteiger charge is -2.45. The number of aliphatic hydroxyl groups is 1. The van der Waals surface area contributed by atoms with Crippen LogP contribution in [-0.2, 0) is 14.3 Å². The zero-order valence-corrected chi connectivity index (χ0v) is 10.0. The minimum absolute atomic E-state index is 0.189. The molecule has 0 aromatic rings. The van der Waals surface area contributed by atoms with Gasteiger partial charge in [0, 0.05) is 0 Å². The second-order valence-electron chi connectivity index (χ2n) is 4.44. The number of ether oxygens (including phenoxy) is 1. The van der Waals surface area contributed by atoms with Gasteiger partial charge in [0.05, 0.1) is 7.05 Å². The van der Waals surface area contributed by atoms with Crippen molar-refractivity contribution in [2.24, 2.45) is 5.92 Å². The standard InChI is InChI=1S/C9H14NO5P/c1-10(14)9(13)7(12)15-6(11)8(9,16)5-3-2-4-5/h5,10,13H,2-4,16H2,1H3. The van der Waals surface area contributed by atoms with E-state index in [4.69, 9.17) is 0 Å². The van der Waals surface area contributed by atoms with E-state index in [9.17, 15) is 19.9 Å². The van der Waals surface area contributed by atoms with Crippen molar-refractivity contribution in [2.75, 3.05) is 7.05 Å². The van der Waals surface area contributed by atoms with Crippen LogP contribution in [0.25, 0.3) is 0 Å². The number of esters is 2. The minimum atomic E-state index is -2.33. The molecule has 2 aliphatic rings. The van der Waals surface area contributed by atoms with Gasteiger partial charge >= 0.3 is 17.7 Å². The second-order valence-corrected chi connectivity index (χ2v) is 5.35. The third-order valence-electron chi connectivity index (χ3n) is 3.68. The van der Waals surface area contributed by atoms with Crippen LogP contribution in [0.2, 0.25) is 0 Å². The van der Waals surface area contributed by atoms with Crippen molar-refractivity contribution in [2.45, 2.75) is 30.1 Å². The smallest absolute Gasteiger partial charge is 0.407 e. The molecule has 1 heterocycles. The van der Waals surface area contributed by atoms with E-state index in [2.05, 4.69) is 14.0 Å². The number of cyclic esters (lactones) is 2. The highest BCUT2D eigenvalue weighted by Gasteiger charge is 2.73. The first-order valence-corrected chi connectivity index (χ1v) is 5.72. The molecule has 1 aliphatic carbocycles. The maximum Gasteiger partial charge on any atom is 0.407 e. The molecule has 7 heteroatoms. The van der Waals surface area contributed by atoms with Crippen LogP contribution in [0.5, 0.6) is 0 Å². The largest absolute Gasteiger partial charge is 0.632 e. The summed E-state index contributed by atoms with van der Waals surface area (Å²) in [5.74, 6) is -2.15. The number of likely N-dealkylation sites (N-methyl/N-ethyl adjacent to an activating group) is 1. The Kier molecular flexibility index (Phi) is 2.58. The topological polar surface area (TPSA) is 91.1 Å². The van der Waals surface area contributed by atoms with Gasteiger partial charge in [0.2, 0.25) is 0 Å². The third-order valence-corrected chi connectivity index (χ3v) is 4.80. The molecule has 90 valence electrons. The number of hydroxylamine groups is 2. The molecule has 0 aromatic heterocycles. The van der Waals surface area contributed by atoms with E-state index in [0.717, 1.165) is 13.5 Å². The zero-order valence-electron chi connectivity index (χ0n) is 8.86. The van der Waals surface area contributed by atoms with Crippen molar-refractivity contribution in [3.05, 3.63) is 5.21 Å². The summed E-state index contributed by atoms with van der Waals surface area (Å²) in [5, 5.41) is 19.4. The maximum atomic E-state index is 11.7. The average Bonchev–Trinajstić information content (AvgIpc) is 2.26. The molecule has 0 radical (unpaired) electrons. The fourth-order valence-electron chi connectivity index (χ4n) is 2.32. The molecule has 6 nitrogen and oxygen atoms in total. The molecule has 1 saturated heterocycles. The number of quaternary nitrogens is 1. The lowest BCUT2D eigenvalue weighted by Crippen LogP contribution is -3.17. The first kappa shape index (κ1) is 11.9. The summed E-state index contributed by atoms with van der Waals surface area (Å²) < 4.78 is 4.44. The van der Waals surface area contributed by atoms with Crippen molar-refractivity contribution in [3.8, 4) is 0 Å². The van der Waals surface area contributed by atoms with Crippen LogP contribution in [0.15, 0.2) is 0 Å². The Bertz CT molecular complexity index is 356. The predicted octanol–water partition coefficient (Wildman–Crippen LogP) is -1.82. The molecule has 1 aliphatic heterocycles. The fourth-order valence-corrected chi connectivity index (χ4v) is 3.03. The van der Waals surface area contributed by atoms with Crippen molar-refractivity contribution in [3.63, 3.8) is 0 Å². The molecule has 2 fully saturated rings. The van der Waals surface area contributed by atoms with Gasteiger partial charge in [-0.3, -0.25) is 4.79 Å². The van der Waals surface area contributed by atoms with E-state index in [1.807, 2.05) is 0 Å². The number of nitrogens with one attached hydrogen (secondary N) is 1. The Hall–Kier alpha value is -0.550. The van der Waals surface area contributed by atoms with Crippen molar-refractivity contribution < 1.29 is 24.5 Å². The van der Waals surface area contributed by atoms with Crippen LogP contribution < -0.4 is 5.06 Å². The van der Waals surface area contributed by atoms with E-state index in [1.165, 1.54) is 0 Å². The Morgan fingerprint density at radius 2 is 2.06 bits per heavy atom. The predicted molar refractivity (Wildman–Crippen MR) is 56.1 cm³/mol. The Morgan fingerprint density at radius 3 is 2.44 bits per heavy atom. The van der Waals surface area contributed by atoms with Gasteiger partial charge in [-0.2, -0.15) is 0 Å². The summed E-state index contributed by atoms with van der Waals surface area (Å²) in [6, 6.07) is 0. The molecule has 2 N–H and O–H groups in total. The molecular weight excluding hydrogens is 233 g/mol. The van der Waals surface area contributed by atoms with Gasteiger partial charge < -0.3 is 20.1 Å². The van der Waals surface area contributed by atoms with E-state index in [-0.39, 0.29) is 5.92 Å². The fraction of sp³-hybridized carbons (Fsp3) is 0.778. The van der Waals surface area contributed by atoms with Gasteiger partial charge in [0.1, 0.15) is 0 Å². The molecule has 0 aromatic carbocycles. The minimum Gasteiger partial charge on any atom is -0.632 e. The van der Waals surface area contributed by atoms with E-state index >= 15 is 0 Å². The molecule has 4 atom stereocenters. The molecule has 4 unspecified atom stereocenters. The number of hydrogen-bond acceptors (Lipinski definition) is 5. The first-order valence-electron chi connectivity index (χ1n) is 5.14. The summed E-state index contributed by atoms with van der Waals surface area (Å²) in [7, 11) is 3.27. The number of carbonyl (C=O) groups is 2. The number of rotatable bonds is 2. The average molecular weight is 247 g/mol. The van der Waals surface area contributed by atoms with Crippen LogP contribution in [0.1, 0.15) is 19.3 Å². The Morgan fingerprint density at radius 1 is 1.50 bits per heavy atom. The highest BCUT2D eigenvalue weighted by atomic mass is 31.0.